The average Bonchev–Trinajstić information content (AvgIpc) is 3.50. The van der Waals surface area contributed by atoms with Crippen LogP contribution in [0, 0.1) is 0 Å². The zero-order chi connectivity index (χ0) is 25.6. The van der Waals surface area contributed by atoms with Gasteiger partial charge < -0.3 is 20.1 Å². The van der Waals surface area contributed by atoms with Gasteiger partial charge in [0.15, 0.2) is 0 Å². The second-order valence-corrected chi connectivity index (χ2v) is 10.1. The lowest BCUT2D eigenvalue weighted by Crippen LogP contribution is -2.35. The number of alkyl halides is 2. The molecule has 188 valence electrons. The largest absolute Gasteiger partial charge is 0.489 e. The molecule has 3 atom stereocenters. The molecular weight excluding hydrogens is 480 g/mol. The van der Waals surface area contributed by atoms with Crippen molar-refractivity contribution < 1.29 is 23.0 Å². The SMILES string of the molecule is CN1C(=O)c2cccc(OC(F)F)c2C2CC1c1nn3ccc(-c4cnc5c(c4)OCC5(C)N)cc3c12. The Hall–Kier alpha value is -4.05. The second kappa shape index (κ2) is 7.48. The van der Waals surface area contributed by atoms with Crippen LogP contribution < -0.4 is 15.2 Å². The molecule has 2 N–H and O–H groups in total. The maximum Gasteiger partial charge on any atom is 0.387 e. The number of pyridine rings is 2. The van der Waals surface area contributed by atoms with E-state index >= 15 is 0 Å². The van der Waals surface area contributed by atoms with Crippen molar-refractivity contribution in [1.29, 1.82) is 0 Å². The molecule has 37 heavy (non-hydrogen) atoms. The van der Waals surface area contributed by atoms with Crippen LogP contribution in [0.1, 0.15) is 58.2 Å². The van der Waals surface area contributed by atoms with Gasteiger partial charge in [-0.3, -0.25) is 9.78 Å². The molecule has 0 spiro atoms. The van der Waals surface area contributed by atoms with Crippen LogP contribution in [0.2, 0.25) is 0 Å². The summed E-state index contributed by atoms with van der Waals surface area (Å²) in [5, 5.41) is 4.81. The highest BCUT2D eigenvalue weighted by Gasteiger charge is 2.46. The summed E-state index contributed by atoms with van der Waals surface area (Å²) < 4.78 is 39.1. The van der Waals surface area contributed by atoms with Crippen molar-refractivity contribution in [3.63, 3.8) is 0 Å². The molecule has 1 aliphatic carbocycles. The number of rotatable bonds is 3. The van der Waals surface area contributed by atoms with Gasteiger partial charge in [-0.15, -0.1) is 0 Å². The number of fused-ring (bicyclic) bond motifs is 10. The van der Waals surface area contributed by atoms with E-state index in [0.29, 0.717) is 29.9 Å². The first-order valence-electron chi connectivity index (χ1n) is 12.0. The zero-order valence-electron chi connectivity index (χ0n) is 20.1. The smallest absolute Gasteiger partial charge is 0.387 e. The van der Waals surface area contributed by atoms with Crippen LogP contribution in [-0.2, 0) is 5.54 Å². The van der Waals surface area contributed by atoms with Gasteiger partial charge in [-0.05, 0) is 49.2 Å². The molecular formula is C27H23F2N5O3. The van der Waals surface area contributed by atoms with Gasteiger partial charge in [0.1, 0.15) is 23.8 Å². The lowest BCUT2D eigenvalue weighted by Gasteiger charge is -2.23. The molecule has 1 amide bonds. The molecule has 3 aromatic heterocycles. The highest BCUT2D eigenvalue weighted by atomic mass is 19.3. The van der Waals surface area contributed by atoms with Crippen LogP contribution in [0.15, 0.2) is 48.8 Å². The van der Waals surface area contributed by atoms with Gasteiger partial charge in [-0.2, -0.15) is 13.9 Å². The number of benzene rings is 1. The fraction of sp³-hybridized carbons (Fsp3) is 0.296. The zero-order valence-corrected chi connectivity index (χ0v) is 20.1. The summed E-state index contributed by atoms with van der Waals surface area (Å²) >= 11 is 0. The summed E-state index contributed by atoms with van der Waals surface area (Å²) in [6.45, 7) is -0.745. The Morgan fingerprint density at radius 2 is 2.05 bits per heavy atom. The predicted molar refractivity (Wildman–Crippen MR) is 130 cm³/mol. The van der Waals surface area contributed by atoms with Gasteiger partial charge in [0.2, 0.25) is 0 Å². The third kappa shape index (κ3) is 3.11. The molecule has 1 aromatic carbocycles. The van der Waals surface area contributed by atoms with E-state index < -0.39 is 12.2 Å². The number of carbonyl (C=O) groups is 1. The third-order valence-corrected chi connectivity index (χ3v) is 7.73. The Balaban J connectivity index is 1.41. The summed E-state index contributed by atoms with van der Waals surface area (Å²) in [5.41, 5.74) is 11.5. The number of hydrogen-bond acceptors (Lipinski definition) is 6. The van der Waals surface area contributed by atoms with Crippen LogP contribution in [0.25, 0.3) is 16.6 Å². The van der Waals surface area contributed by atoms with Crippen molar-refractivity contribution in [2.45, 2.75) is 37.5 Å². The van der Waals surface area contributed by atoms with Crippen LogP contribution in [0.4, 0.5) is 8.78 Å². The normalized spacial score (nSPS) is 23.6. The van der Waals surface area contributed by atoms with Gasteiger partial charge >= 0.3 is 6.61 Å². The maximum absolute atomic E-state index is 13.3. The maximum atomic E-state index is 13.3. The quantitative estimate of drug-likeness (QED) is 0.450. The van der Waals surface area contributed by atoms with E-state index in [0.717, 1.165) is 33.6 Å². The fourth-order valence-corrected chi connectivity index (χ4v) is 5.98. The Kier molecular flexibility index (Phi) is 4.48. The fourth-order valence-electron chi connectivity index (χ4n) is 5.98. The highest BCUT2D eigenvalue weighted by Crippen LogP contribution is 2.53. The molecule has 7 rings (SSSR count). The molecule has 3 unspecified atom stereocenters. The first-order valence-corrected chi connectivity index (χ1v) is 12.0. The molecule has 5 heterocycles. The van der Waals surface area contributed by atoms with E-state index in [2.05, 4.69) is 4.98 Å². The summed E-state index contributed by atoms with van der Waals surface area (Å²) in [4.78, 5) is 19.5. The molecule has 8 nitrogen and oxygen atoms in total. The number of amides is 1. The number of aromatic nitrogens is 3. The molecule has 10 heteroatoms. The molecule has 0 saturated heterocycles. The highest BCUT2D eigenvalue weighted by molar-refractivity contribution is 5.98. The standard InChI is InChI=1S/C27H23F2N5O3/c1-27(30)12-36-20-9-14(11-31-24(20)27)13-6-7-34-17(8-13)22-16-10-18(23(22)32-34)33(2)25(35)15-4-3-5-19(21(15)16)37-26(28)29/h3-9,11,16,18,26H,10,12,30H2,1-2H3. The van der Waals surface area contributed by atoms with Crippen molar-refractivity contribution in [3.8, 4) is 22.6 Å². The van der Waals surface area contributed by atoms with E-state index in [1.807, 2.05) is 31.3 Å². The van der Waals surface area contributed by atoms with E-state index in [4.69, 9.17) is 20.3 Å². The summed E-state index contributed by atoms with van der Waals surface area (Å²) in [6, 6.07) is 10.3. The van der Waals surface area contributed by atoms with Crippen LogP contribution >= 0.6 is 0 Å². The van der Waals surface area contributed by atoms with Gasteiger partial charge in [0.05, 0.1) is 22.8 Å². The summed E-state index contributed by atoms with van der Waals surface area (Å²) in [6.07, 6.45) is 4.18. The first-order chi connectivity index (χ1) is 17.7. The second-order valence-electron chi connectivity index (χ2n) is 10.1. The number of hydrogen-bond donors (Lipinski definition) is 1. The molecule has 0 fully saturated rings. The number of nitrogens with zero attached hydrogens (tertiary/aromatic N) is 4. The van der Waals surface area contributed by atoms with Crippen LogP contribution in [-0.4, -0.2) is 45.7 Å². The van der Waals surface area contributed by atoms with E-state index in [1.54, 1.807) is 34.8 Å². The Morgan fingerprint density at radius 3 is 2.86 bits per heavy atom. The minimum atomic E-state index is -3.00. The van der Waals surface area contributed by atoms with Gasteiger partial charge in [0, 0.05) is 47.6 Å². The van der Waals surface area contributed by atoms with Gasteiger partial charge in [-0.1, -0.05) is 6.07 Å². The number of halogens is 2. The van der Waals surface area contributed by atoms with Crippen molar-refractivity contribution in [2.75, 3.05) is 13.7 Å². The molecule has 0 radical (unpaired) electrons. The Morgan fingerprint density at radius 1 is 1.22 bits per heavy atom. The van der Waals surface area contributed by atoms with Crippen molar-refractivity contribution in [2.24, 2.45) is 5.73 Å². The Labute approximate surface area is 210 Å². The van der Waals surface area contributed by atoms with Crippen molar-refractivity contribution in [3.05, 3.63) is 76.9 Å². The van der Waals surface area contributed by atoms with E-state index in [9.17, 15) is 13.6 Å². The number of carbonyl (C=O) groups excluding carboxylic acids is 1. The molecule has 4 aromatic rings. The molecule has 2 aliphatic heterocycles. The average molecular weight is 504 g/mol. The van der Waals surface area contributed by atoms with Crippen molar-refractivity contribution in [1.82, 2.24) is 19.5 Å². The summed E-state index contributed by atoms with van der Waals surface area (Å²) in [7, 11) is 1.73. The number of nitrogens with two attached hydrogens (primary N) is 1. The Bertz CT molecular complexity index is 1620. The third-order valence-electron chi connectivity index (χ3n) is 7.73. The first kappa shape index (κ1) is 22.2. The van der Waals surface area contributed by atoms with Crippen LogP contribution in [0.5, 0.6) is 11.5 Å². The molecule has 3 aliphatic rings. The van der Waals surface area contributed by atoms with E-state index in [1.165, 1.54) is 6.07 Å². The monoisotopic (exact) mass is 503 g/mol. The lowest BCUT2D eigenvalue weighted by molar-refractivity contribution is -0.0505. The lowest BCUT2D eigenvalue weighted by atomic mass is 9.88. The van der Waals surface area contributed by atoms with Crippen LogP contribution in [0.3, 0.4) is 0 Å². The molecule has 2 bridgehead atoms. The minimum Gasteiger partial charge on any atom is -0.489 e. The summed E-state index contributed by atoms with van der Waals surface area (Å²) in [5.74, 6) is 0.122. The van der Waals surface area contributed by atoms with Crippen molar-refractivity contribution >= 4 is 11.4 Å². The number of ether oxygens (including phenoxy) is 2. The minimum absolute atomic E-state index is 0.0214. The predicted octanol–water partition coefficient (Wildman–Crippen LogP) is 4.23. The van der Waals surface area contributed by atoms with Gasteiger partial charge in [-0.25, -0.2) is 4.52 Å². The van der Waals surface area contributed by atoms with E-state index in [-0.39, 0.29) is 23.6 Å². The topological polar surface area (TPSA) is 95.0 Å². The van der Waals surface area contributed by atoms with Gasteiger partial charge in [0.25, 0.3) is 5.91 Å². The molecule has 0 saturated carbocycles.